The number of piperazine rings is 1. The van der Waals surface area contributed by atoms with Crippen LogP contribution in [0.5, 0.6) is 0 Å². The Morgan fingerprint density at radius 2 is 2.14 bits per heavy atom. The average Bonchev–Trinajstić information content (AvgIpc) is 2.99. The van der Waals surface area contributed by atoms with E-state index in [-0.39, 0.29) is 28.6 Å². The summed E-state index contributed by atoms with van der Waals surface area (Å²) in [5.41, 5.74) is 0. The van der Waals surface area contributed by atoms with Crippen LogP contribution in [0, 0.1) is 0 Å². The monoisotopic (exact) mass is 343 g/mol. The minimum Gasteiger partial charge on any atom is -0.335 e. The number of hydrogen-bond donors (Lipinski definition) is 1. The van der Waals surface area contributed by atoms with E-state index in [4.69, 9.17) is 0 Å². The molecule has 2 amide bonds. The molecule has 3 heterocycles. The lowest BCUT2D eigenvalue weighted by atomic mass is 9.95. The number of nitrogens with zero attached hydrogens (tertiary/aromatic N) is 2. The minimum absolute atomic E-state index is 0.0772. The summed E-state index contributed by atoms with van der Waals surface area (Å²) in [6.45, 7) is 0.502. The maximum Gasteiger partial charge on any atom is 0.250 e. The summed E-state index contributed by atoms with van der Waals surface area (Å²) in [4.78, 5) is 27.1. The molecule has 1 aromatic rings. The van der Waals surface area contributed by atoms with Crippen molar-refractivity contribution in [2.45, 2.75) is 29.1 Å². The molecule has 0 saturated carbocycles. The first-order valence-electron chi connectivity index (χ1n) is 6.99. The third-order valence-electron chi connectivity index (χ3n) is 4.04. The van der Waals surface area contributed by atoms with Crippen molar-refractivity contribution in [1.82, 2.24) is 14.5 Å². The Kier molecular flexibility index (Phi) is 3.96. The number of fused-ring (bicyclic) bond motifs is 1. The van der Waals surface area contributed by atoms with Gasteiger partial charge in [0.25, 0.3) is 0 Å². The van der Waals surface area contributed by atoms with Crippen LogP contribution in [0.2, 0.25) is 0 Å². The van der Waals surface area contributed by atoms with Gasteiger partial charge in [0.1, 0.15) is 10.3 Å². The van der Waals surface area contributed by atoms with Crippen LogP contribution in [-0.4, -0.2) is 62.3 Å². The lowest BCUT2D eigenvalue weighted by molar-refractivity contribution is -0.156. The highest BCUT2D eigenvalue weighted by Gasteiger charge is 2.42. The van der Waals surface area contributed by atoms with Crippen LogP contribution in [0.25, 0.3) is 0 Å². The standard InChI is InChI=1S/C13H17N3O4S2/c1-15-8-11(17)16-5-4-9(7-10(16)13(15)18)14-22(19,20)12-3-2-6-21-12/h2-3,6,9-10,14H,4-5,7-8H2,1H3. The van der Waals surface area contributed by atoms with Gasteiger partial charge < -0.3 is 9.80 Å². The van der Waals surface area contributed by atoms with E-state index in [0.717, 1.165) is 11.3 Å². The first-order chi connectivity index (χ1) is 10.4. The molecule has 2 fully saturated rings. The zero-order chi connectivity index (χ0) is 15.9. The van der Waals surface area contributed by atoms with Crippen molar-refractivity contribution >= 4 is 33.2 Å². The van der Waals surface area contributed by atoms with Gasteiger partial charge in [0, 0.05) is 19.6 Å². The molecule has 2 unspecified atom stereocenters. The molecular formula is C13H17N3O4S2. The molecule has 1 N–H and O–H groups in total. The van der Waals surface area contributed by atoms with Crippen LogP contribution in [0.3, 0.4) is 0 Å². The van der Waals surface area contributed by atoms with Crippen molar-refractivity contribution in [2.75, 3.05) is 20.1 Å². The van der Waals surface area contributed by atoms with Crippen molar-refractivity contribution in [3.63, 3.8) is 0 Å². The Hall–Kier alpha value is -1.45. The molecule has 1 aromatic heterocycles. The van der Waals surface area contributed by atoms with E-state index in [1.54, 1.807) is 29.5 Å². The van der Waals surface area contributed by atoms with E-state index in [1.807, 2.05) is 0 Å². The Labute approximate surface area is 132 Å². The Morgan fingerprint density at radius 3 is 2.82 bits per heavy atom. The number of amides is 2. The quantitative estimate of drug-likeness (QED) is 0.827. The molecule has 0 spiro atoms. The third kappa shape index (κ3) is 2.75. The number of nitrogens with one attached hydrogen (secondary N) is 1. The summed E-state index contributed by atoms with van der Waals surface area (Å²) in [5, 5.41) is 1.70. The van der Waals surface area contributed by atoms with Crippen LogP contribution in [0.1, 0.15) is 12.8 Å². The van der Waals surface area contributed by atoms with Crippen molar-refractivity contribution in [3.8, 4) is 0 Å². The molecule has 2 saturated heterocycles. The highest BCUT2D eigenvalue weighted by Crippen LogP contribution is 2.25. The van der Waals surface area contributed by atoms with Crippen molar-refractivity contribution < 1.29 is 18.0 Å². The molecular weight excluding hydrogens is 326 g/mol. The Balaban J connectivity index is 1.73. The van der Waals surface area contributed by atoms with Gasteiger partial charge in [-0.3, -0.25) is 9.59 Å². The highest BCUT2D eigenvalue weighted by molar-refractivity contribution is 7.91. The summed E-state index contributed by atoms with van der Waals surface area (Å²) >= 11 is 1.15. The summed E-state index contributed by atoms with van der Waals surface area (Å²) in [5.74, 6) is -0.203. The molecule has 22 heavy (non-hydrogen) atoms. The number of likely N-dealkylation sites (N-methyl/N-ethyl adjacent to an activating group) is 1. The van der Waals surface area contributed by atoms with Crippen LogP contribution in [0.4, 0.5) is 0 Å². The van der Waals surface area contributed by atoms with Gasteiger partial charge in [-0.2, -0.15) is 0 Å². The van der Waals surface area contributed by atoms with Crippen LogP contribution in [0.15, 0.2) is 21.7 Å². The maximum absolute atomic E-state index is 12.3. The molecule has 9 heteroatoms. The van der Waals surface area contributed by atoms with E-state index >= 15 is 0 Å². The highest BCUT2D eigenvalue weighted by atomic mass is 32.2. The molecule has 2 aliphatic rings. The van der Waals surface area contributed by atoms with Crippen molar-refractivity contribution in [1.29, 1.82) is 0 Å². The fourth-order valence-corrected chi connectivity index (χ4v) is 5.22. The summed E-state index contributed by atoms with van der Waals surface area (Å²) in [7, 11) is -1.96. The smallest absolute Gasteiger partial charge is 0.250 e. The van der Waals surface area contributed by atoms with Crippen molar-refractivity contribution in [2.24, 2.45) is 0 Å². The van der Waals surface area contributed by atoms with Crippen LogP contribution in [-0.2, 0) is 19.6 Å². The molecule has 0 aromatic carbocycles. The van der Waals surface area contributed by atoms with Gasteiger partial charge in [0.2, 0.25) is 21.8 Å². The average molecular weight is 343 g/mol. The van der Waals surface area contributed by atoms with E-state index in [0.29, 0.717) is 19.4 Å². The van der Waals surface area contributed by atoms with E-state index < -0.39 is 16.1 Å². The third-order valence-corrected chi connectivity index (χ3v) is 6.96. The number of carbonyl (C=O) groups excluding carboxylic acids is 2. The number of thiophene rings is 1. The lowest BCUT2D eigenvalue weighted by Crippen LogP contribution is -2.63. The van der Waals surface area contributed by atoms with E-state index in [1.165, 1.54) is 4.90 Å². The molecule has 7 nitrogen and oxygen atoms in total. The first kappa shape index (κ1) is 15.4. The zero-order valence-corrected chi connectivity index (χ0v) is 13.7. The summed E-state index contributed by atoms with van der Waals surface area (Å²) < 4.78 is 27.4. The fourth-order valence-electron chi connectivity index (χ4n) is 2.92. The van der Waals surface area contributed by atoms with E-state index in [9.17, 15) is 18.0 Å². The minimum atomic E-state index is -3.56. The largest absolute Gasteiger partial charge is 0.335 e. The Bertz CT molecular complexity index is 686. The predicted molar refractivity (Wildman–Crippen MR) is 80.8 cm³/mol. The fraction of sp³-hybridized carbons (Fsp3) is 0.538. The summed E-state index contributed by atoms with van der Waals surface area (Å²) in [6.07, 6.45) is 0.837. The van der Waals surface area contributed by atoms with E-state index in [2.05, 4.69) is 4.72 Å². The Morgan fingerprint density at radius 1 is 1.36 bits per heavy atom. The number of hydrogen-bond acceptors (Lipinski definition) is 5. The van der Waals surface area contributed by atoms with Crippen molar-refractivity contribution in [3.05, 3.63) is 17.5 Å². The second-order valence-electron chi connectivity index (χ2n) is 5.57. The lowest BCUT2D eigenvalue weighted by Gasteiger charge is -2.43. The molecule has 0 bridgehead atoms. The van der Waals surface area contributed by atoms with Gasteiger partial charge in [-0.15, -0.1) is 11.3 Å². The number of piperidine rings is 1. The van der Waals surface area contributed by atoms with Gasteiger partial charge >= 0.3 is 0 Å². The van der Waals surface area contributed by atoms with Gasteiger partial charge in [-0.1, -0.05) is 6.07 Å². The topological polar surface area (TPSA) is 86.8 Å². The second-order valence-corrected chi connectivity index (χ2v) is 8.46. The normalized spacial score (nSPS) is 26.2. The SMILES string of the molecule is CN1CC(=O)N2CCC(NS(=O)(=O)c3cccs3)CC2C1=O. The molecule has 0 radical (unpaired) electrons. The zero-order valence-electron chi connectivity index (χ0n) is 12.1. The predicted octanol–water partition coefficient (Wildman–Crippen LogP) is -0.142. The molecule has 0 aliphatic carbocycles. The molecule has 2 aliphatic heterocycles. The van der Waals surface area contributed by atoms with Gasteiger partial charge in [-0.05, 0) is 24.3 Å². The van der Waals surface area contributed by atoms with Gasteiger partial charge in [-0.25, -0.2) is 13.1 Å². The summed E-state index contributed by atoms with van der Waals surface area (Å²) in [6, 6.07) is 2.33. The number of sulfonamides is 1. The molecule has 120 valence electrons. The first-order valence-corrected chi connectivity index (χ1v) is 9.35. The maximum atomic E-state index is 12.3. The van der Waals surface area contributed by atoms with Gasteiger partial charge in [0.15, 0.2) is 0 Å². The number of carbonyl (C=O) groups is 2. The molecule has 2 atom stereocenters. The van der Waals surface area contributed by atoms with Gasteiger partial charge in [0.05, 0.1) is 6.54 Å². The molecule has 3 rings (SSSR count). The number of rotatable bonds is 3. The van der Waals surface area contributed by atoms with Crippen LogP contribution < -0.4 is 4.72 Å². The van der Waals surface area contributed by atoms with Crippen LogP contribution >= 0.6 is 11.3 Å². The second kappa shape index (κ2) is 5.64.